The van der Waals surface area contributed by atoms with E-state index in [-0.39, 0.29) is 18.1 Å². The number of nitrogens with one attached hydrogen (secondary N) is 2. The fourth-order valence-electron chi connectivity index (χ4n) is 6.16. The van der Waals surface area contributed by atoms with Crippen molar-refractivity contribution in [1.29, 1.82) is 0 Å². The van der Waals surface area contributed by atoms with Crippen molar-refractivity contribution in [2.75, 3.05) is 59.8 Å². The molecule has 7 rings (SSSR count). The van der Waals surface area contributed by atoms with Gasteiger partial charge in [-0.25, -0.2) is 4.98 Å². The lowest BCUT2D eigenvalue weighted by Crippen LogP contribution is -2.36. The second kappa shape index (κ2) is 11.8. The zero-order chi connectivity index (χ0) is 30.2. The van der Waals surface area contributed by atoms with Gasteiger partial charge >= 0.3 is 0 Å². The number of nitrogens with zero attached hydrogens (tertiary/aromatic N) is 4. The van der Waals surface area contributed by atoms with Crippen LogP contribution in [-0.2, 0) is 18.4 Å². The zero-order valence-corrected chi connectivity index (χ0v) is 24.8. The van der Waals surface area contributed by atoms with Gasteiger partial charge in [0, 0.05) is 56.2 Å². The number of pyridine rings is 2. The molecule has 1 aliphatic carbocycles. The summed E-state index contributed by atoms with van der Waals surface area (Å²) in [6.45, 7) is 3.79. The quantitative estimate of drug-likeness (QED) is 0.288. The first-order chi connectivity index (χ1) is 21.5. The average molecular weight is 593 g/mol. The highest BCUT2D eigenvalue weighted by Crippen LogP contribution is 2.42. The fraction of sp³-hybridized carbons (Fsp3) is 0.324. The largest absolute Gasteiger partial charge is 0.392 e. The Morgan fingerprint density at radius 3 is 2.61 bits per heavy atom. The van der Waals surface area contributed by atoms with Crippen molar-refractivity contribution in [3.05, 3.63) is 94.0 Å². The number of carbonyl (C=O) groups is 1. The van der Waals surface area contributed by atoms with Crippen LogP contribution in [0.2, 0.25) is 0 Å². The lowest BCUT2D eigenvalue weighted by Gasteiger charge is -2.28. The number of hydrogen-bond donors (Lipinski definition) is 3. The first kappa shape index (κ1) is 28.1. The molecule has 0 spiro atoms. The monoisotopic (exact) mass is 592 g/mol. The standard InChI is InChI=1S/C34H36N6O4/c1-38-20-24(18-30(34(38)43)37-32-10-8-25(19-36-32)39-13-15-44-16-14-39)26-3-2-4-31(28(26)21-41)40-12-11-35-29-17-23(22-5-6-22)7-9-27(29)33(40)42/h2-4,7-10,17-20,22,35,41H,5-6,11-16,21H2,1H3,(H,36,37). The van der Waals surface area contributed by atoms with Crippen LogP contribution in [0.25, 0.3) is 11.1 Å². The van der Waals surface area contributed by atoms with Crippen LogP contribution in [0.3, 0.4) is 0 Å². The molecule has 44 heavy (non-hydrogen) atoms. The molecule has 10 heteroatoms. The van der Waals surface area contributed by atoms with Gasteiger partial charge in [-0.3, -0.25) is 9.59 Å². The molecule has 226 valence electrons. The summed E-state index contributed by atoms with van der Waals surface area (Å²) in [7, 11) is 1.70. The van der Waals surface area contributed by atoms with Gasteiger partial charge in [-0.1, -0.05) is 18.2 Å². The fourth-order valence-corrected chi connectivity index (χ4v) is 6.16. The van der Waals surface area contributed by atoms with Crippen molar-refractivity contribution in [2.45, 2.75) is 25.4 Å². The van der Waals surface area contributed by atoms with Crippen LogP contribution in [0.5, 0.6) is 0 Å². The van der Waals surface area contributed by atoms with E-state index in [1.165, 1.54) is 23.0 Å². The highest BCUT2D eigenvalue weighted by Gasteiger charge is 2.29. The summed E-state index contributed by atoms with van der Waals surface area (Å²) >= 11 is 0. The van der Waals surface area contributed by atoms with Gasteiger partial charge in [0.05, 0.1) is 43.0 Å². The Morgan fingerprint density at radius 2 is 1.86 bits per heavy atom. The van der Waals surface area contributed by atoms with Crippen molar-refractivity contribution in [3.8, 4) is 11.1 Å². The number of carbonyl (C=O) groups excluding carboxylic acids is 1. The van der Waals surface area contributed by atoms with E-state index < -0.39 is 0 Å². The van der Waals surface area contributed by atoms with Gasteiger partial charge in [0.2, 0.25) is 0 Å². The number of benzene rings is 2. The molecule has 0 atom stereocenters. The third-order valence-electron chi connectivity index (χ3n) is 8.70. The Balaban J connectivity index is 1.19. The van der Waals surface area contributed by atoms with Gasteiger partial charge in [-0.05, 0) is 66.3 Å². The van der Waals surface area contributed by atoms with Crippen molar-refractivity contribution in [3.63, 3.8) is 0 Å². The molecule has 10 nitrogen and oxygen atoms in total. The number of aliphatic hydroxyl groups excluding tert-OH is 1. The molecule has 1 amide bonds. The third kappa shape index (κ3) is 5.42. The van der Waals surface area contributed by atoms with Crippen LogP contribution in [0.4, 0.5) is 28.6 Å². The molecule has 1 saturated carbocycles. The molecule has 2 aromatic heterocycles. The normalized spacial score (nSPS) is 16.7. The van der Waals surface area contributed by atoms with Crippen LogP contribution in [0, 0.1) is 0 Å². The van der Waals surface area contributed by atoms with E-state index in [0.717, 1.165) is 35.6 Å². The maximum atomic E-state index is 13.9. The molecule has 4 heterocycles. The summed E-state index contributed by atoms with van der Waals surface area (Å²) in [5, 5.41) is 17.3. The molecule has 3 N–H and O–H groups in total. The maximum absolute atomic E-state index is 13.9. The second-order valence-corrected chi connectivity index (χ2v) is 11.6. The van der Waals surface area contributed by atoms with Gasteiger partial charge in [0.25, 0.3) is 11.5 Å². The summed E-state index contributed by atoms with van der Waals surface area (Å²) < 4.78 is 6.96. The number of anilines is 5. The Hall–Kier alpha value is -4.67. The van der Waals surface area contributed by atoms with Gasteiger partial charge in [0.15, 0.2) is 0 Å². The number of aromatic nitrogens is 2. The minimum atomic E-state index is -0.271. The van der Waals surface area contributed by atoms with Crippen LogP contribution in [0.1, 0.15) is 40.2 Å². The number of aliphatic hydroxyl groups is 1. The molecule has 2 aliphatic heterocycles. The maximum Gasteiger partial charge on any atom is 0.274 e. The lowest BCUT2D eigenvalue weighted by atomic mass is 9.98. The zero-order valence-electron chi connectivity index (χ0n) is 24.8. The van der Waals surface area contributed by atoms with Gasteiger partial charge in [-0.15, -0.1) is 0 Å². The number of rotatable bonds is 7. The van der Waals surface area contributed by atoms with Crippen molar-refractivity contribution in [1.82, 2.24) is 9.55 Å². The van der Waals surface area contributed by atoms with Crippen LogP contribution >= 0.6 is 0 Å². The highest BCUT2D eigenvalue weighted by molar-refractivity contribution is 6.11. The van der Waals surface area contributed by atoms with Crippen molar-refractivity contribution in [2.24, 2.45) is 7.05 Å². The van der Waals surface area contributed by atoms with Crippen molar-refractivity contribution < 1.29 is 14.6 Å². The molecule has 1 saturated heterocycles. The molecule has 2 aromatic carbocycles. The first-order valence-corrected chi connectivity index (χ1v) is 15.2. The Labute approximate surface area is 255 Å². The van der Waals surface area contributed by atoms with E-state index in [4.69, 9.17) is 4.74 Å². The van der Waals surface area contributed by atoms with Crippen LogP contribution in [0.15, 0.2) is 71.8 Å². The topological polar surface area (TPSA) is 112 Å². The Morgan fingerprint density at radius 1 is 1.02 bits per heavy atom. The molecule has 0 bridgehead atoms. The lowest BCUT2D eigenvalue weighted by molar-refractivity contribution is 0.0990. The number of morpholine rings is 1. The highest BCUT2D eigenvalue weighted by atomic mass is 16.5. The molecule has 2 fully saturated rings. The summed E-state index contributed by atoms with van der Waals surface area (Å²) in [5.41, 5.74) is 6.69. The smallest absolute Gasteiger partial charge is 0.274 e. The average Bonchev–Trinajstić information content (AvgIpc) is 3.92. The SMILES string of the molecule is Cn1cc(-c2cccc(N3CCNc4cc(C5CC5)ccc4C3=O)c2CO)cc(Nc2ccc(N3CCOCC3)cn2)c1=O. The second-order valence-electron chi connectivity index (χ2n) is 11.6. The predicted molar refractivity (Wildman–Crippen MR) is 172 cm³/mol. The minimum Gasteiger partial charge on any atom is -0.392 e. The molecule has 4 aromatic rings. The number of aryl methyl sites for hydroxylation is 1. The molecule has 3 aliphatic rings. The molecular weight excluding hydrogens is 556 g/mol. The number of fused-ring (bicyclic) bond motifs is 1. The first-order valence-electron chi connectivity index (χ1n) is 15.2. The van der Waals surface area contributed by atoms with E-state index in [0.29, 0.717) is 60.5 Å². The molecular formula is C34H36N6O4. The minimum absolute atomic E-state index is 0.103. The van der Waals surface area contributed by atoms with Gasteiger partial charge in [-0.2, -0.15) is 0 Å². The van der Waals surface area contributed by atoms with Crippen LogP contribution in [-0.4, -0.2) is 60.0 Å². The number of amides is 1. The third-order valence-corrected chi connectivity index (χ3v) is 8.70. The van der Waals surface area contributed by atoms with E-state index in [9.17, 15) is 14.7 Å². The molecule has 0 radical (unpaired) electrons. The predicted octanol–water partition coefficient (Wildman–Crippen LogP) is 4.47. The van der Waals surface area contributed by atoms with Crippen molar-refractivity contribution >= 4 is 34.5 Å². The Bertz CT molecular complexity index is 1760. The summed E-state index contributed by atoms with van der Waals surface area (Å²) in [5.74, 6) is 1.05. The number of hydrogen-bond acceptors (Lipinski definition) is 8. The Kier molecular flexibility index (Phi) is 7.53. The van der Waals surface area contributed by atoms with E-state index in [1.54, 1.807) is 30.4 Å². The number of ether oxygens (including phenoxy) is 1. The van der Waals surface area contributed by atoms with E-state index in [2.05, 4.69) is 32.7 Å². The van der Waals surface area contributed by atoms with Crippen LogP contribution < -0.4 is 26.0 Å². The summed E-state index contributed by atoms with van der Waals surface area (Å²) in [6.07, 6.45) is 5.95. The van der Waals surface area contributed by atoms with Gasteiger partial charge < -0.3 is 34.8 Å². The van der Waals surface area contributed by atoms with Gasteiger partial charge in [0.1, 0.15) is 11.5 Å². The van der Waals surface area contributed by atoms with E-state index >= 15 is 0 Å². The summed E-state index contributed by atoms with van der Waals surface area (Å²) in [4.78, 5) is 35.5. The van der Waals surface area contributed by atoms with E-state index in [1.807, 2.05) is 36.4 Å². The molecule has 0 unspecified atom stereocenters. The summed E-state index contributed by atoms with van der Waals surface area (Å²) in [6, 6.07) is 17.4.